The van der Waals surface area contributed by atoms with E-state index in [1.165, 1.54) is 0 Å². The molecule has 0 radical (unpaired) electrons. The van der Waals surface area contributed by atoms with E-state index in [4.69, 9.17) is 4.42 Å². The summed E-state index contributed by atoms with van der Waals surface area (Å²) in [6.45, 7) is 2.20. The van der Waals surface area contributed by atoms with Crippen LogP contribution < -0.4 is 10.6 Å². The Morgan fingerprint density at radius 3 is 2.72 bits per heavy atom. The molecule has 1 fully saturated rings. The van der Waals surface area contributed by atoms with E-state index in [1.807, 2.05) is 18.2 Å². The molecular formula is C18H22N4O3. The Morgan fingerprint density at radius 1 is 1.20 bits per heavy atom. The normalized spacial score (nSPS) is 15.7. The van der Waals surface area contributed by atoms with Gasteiger partial charge >= 0.3 is 0 Å². The number of piperidine rings is 1. The Hall–Kier alpha value is -2.67. The van der Waals surface area contributed by atoms with E-state index in [9.17, 15) is 9.59 Å². The van der Waals surface area contributed by atoms with Crippen LogP contribution in [0.3, 0.4) is 0 Å². The number of hydrogen-bond donors (Lipinski definition) is 2. The van der Waals surface area contributed by atoms with Gasteiger partial charge in [0, 0.05) is 12.1 Å². The van der Waals surface area contributed by atoms with Crippen LogP contribution in [0.2, 0.25) is 0 Å². The molecule has 0 saturated carbocycles. The molecule has 7 nitrogen and oxygen atoms in total. The van der Waals surface area contributed by atoms with Gasteiger partial charge in [-0.25, -0.2) is 4.98 Å². The fraction of sp³-hybridized carbons (Fsp3) is 0.389. The van der Waals surface area contributed by atoms with Crippen LogP contribution in [0.25, 0.3) is 0 Å². The Kier molecular flexibility index (Phi) is 5.79. The largest absolute Gasteiger partial charge is 0.467 e. The van der Waals surface area contributed by atoms with E-state index in [2.05, 4.69) is 20.5 Å². The van der Waals surface area contributed by atoms with Crippen LogP contribution in [0.15, 0.2) is 47.2 Å². The minimum Gasteiger partial charge on any atom is -0.467 e. The first-order chi connectivity index (χ1) is 12.2. The highest BCUT2D eigenvalue weighted by Crippen LogP contribution is 2.18. The standard InChI is InChI=1S/C18H22N4O3/c23-17(20-12-15-4-3-11-25-15)13-22-9-6-14(7-10-22)18(24)21-16-5-1-2-8-19-16/h1-5,8,11,14H,6-7,9-10,12-13H2,(H,20,23)(H,19,21,24). The minimum absolute atomic E-state index is 0.000575. The molecule has 2 amide bonds. The zero-order valence-corrected chi connectivity index (χ0v) is 14.0. The summed E-state index contributed by atoms with van der Waals surface area (Å²) in [6.07, 6.45) is 4.72. The Bertz CT molecular complexity index is 680. The molecule has 0 bridgehead atoms. The maximum atomic E-state index is 12.3. The number of rotatable bonds is 6. The van der Waals surface area contributed by atoms with Crippen molar-refractivity contribution in [2.75, 3.05) is 25.0 Å². The fourth-order valence-corrected chi connectivity index (χ4v) is 2.88. The molecule has 2 aromatic rings. The molecule has 25 heavy (non-hydrogen) atoms. The van der Waals surface area contributed by atoms with Crippen LogP contribution in [0.5, 0.6) is 0 Å². The number of nitrogens with one attached hydrogen (secondary N) is 2. The SMILES string of the molecule is O=C(CN1CCC(C(=O)Nc2ccccn2)CC1)NCc1ccco1. The van der Waals surface area contributed by atoms with E-state index in [0.29, 0.717) is 18.9 Å². The van der Waals surface area contributed by atoms with Crippen molar-refractivity contribution in [3.63, 3.8) is 0 Å². The molecular weight excluding hydrogens is 320 g/mol. The smallest absolute Gasteiger partial charge is 0.234 e. The van der Waals surface area contributed by atoms with Crippen LogP contribution in [-0.2, 0) is 16.1 Å². The Balaban J connectivity index is 1.38. The predicted molar refractivity (Wildman–Crippen MR) is 92.6 cm³/mol. The van der Waals surface area contributed by atoms with Crippen molar-refractivity contribution in [2.24, 2.45) is 5.92 Å². The number of carbonyl (C=O) groups is 2. The maximum absolute atomic E-state index is 12.3. The number of hydrogen-bond acceptors (Lipinski definition) is 5. The first-order valence-corrected chi connectivity index (χ1v) is 8.44. The molecule has 1 aliphatic heterocycles. The van der Waals surface area contributed by atoms with E-state index in [0.717, 1.165) is 31.7 Å². The summed E-state index contributed by atoms with van der Waals surface area (Å²) in [5.41, 5.74) is 0. The van der Waals surface area contributed by atoms with Gasteiger partial charge in [0.2, 0.25) is 11.8 Å². The van der Waals surface area contributed by atoms with Gasteiger partial charge in [0.05, 0.1) is 19.4 Å². The highest BCUT2D eigenvalue weighted by atomic mass is 16.3. The zero-order valence-electron chi connectivity index (χ0n) is 14.0. The van der Waals surface area contributed by atoms with Crippen LogP contribution in [0.1, 0.15) is 18.6 Å². The molecule has 2 N–H and O–H groups in total. The lowest BCUT2D eigenvalue weighted by Crippen LogP contribution is -2.43. The quantitative estimate of drug-likeness (QED) is 0.833. The second-order valence-electron chi connectivity index (χ2n) is 6.11. The first-order valence-electron chi connectivity index (χ1n) is 8.44. The first kappa shape index (κ1) is 17.2. The number of nitrogens with zero attached hydrogens (tertiary/aromatic N) is 2. The number of amides is 2. The lowest BCUT2D eigenvalue weighted by molar-refractivity contribution is -0.123. The third kappa shape index (κ3) is 5.15. The van der Waals surface area contributed by atoms with Crippen LogP contribution in [0, 0.1) is 5.92 Å². The zero-order chi connectivity index (χ0) is 17.5. The van der Waals surface area contributed by atoms with Gasteiger partial charge in [-0.05, 0) is 50.2 Å². The Morgan fingerprint density at radius 2 is 2.04 bits per heavy atom. The van der Waals surface area contributed by atoms with E-state index in [1.54, 1.807) is 24.6 Å². The number of likely N-dealkylation sites (tertiary alicyclic amines) is 1. The third-order valence-corrected chi connectivity index (χ3v) is 4.28. The average molecular weight is 342 g/mol. The summed E-state index contributed by atoms with van der Waals surface area (Å²) in [7, 11) is 0. The van der Waals surface area contributed by atoms with Crippen LogP contribution in [0.4, 0.5) is 5.82 Å². The van der Waals surface area contributed by atoms with Crippen molar-refractivity contribution in [3.8, 4) is 0 Å². The van der Waals surface area contributed by atoms with Gasteiger partial charge in [0.1, 0.15) is 11.6 Å². The number of aromatic nitrogens is 1. The molecule has 2 aromatic heterocycles. The number of furan rings is 1. The molecule has 132 valence electrons. The maximum Gasteiger partial charge on any atom is 0.234 e. The Labute approximate surface area is 146 Å². The van der Waals surface area contributed by atoms with E-state index in [-0.39, 0.29) is 17.7 Å². The van der Waals surface area contributed by atoms with Crippen molar-refractivity contribution >= 4 is 17.6 Å². The van der Waals surface area contributed by atoms with Gasteiger partial charge in [0.15, 0.2) is 0 Å². The molecule has 0 spiro atoms. The second kappa shape index (κ2) is 8.43. The van der Waals surface area contributed by atoms with Crippen molar-refractivity contribution in [1.82, 2.24) is 15.2 Å². The topological polar surface area (TPSA) is 87.5 Å². The molecule has 0 aromatic carbocycles. The molecule has 3 heterocycles. The lowest BCUT2D eigenvalue weighted by atomic mass is 9.96. The van der Waals surface area contributed by atoms with Gasteiger partial charge in [-0.15, -0.1) is 0 Å². The van der Waals surface area contributed by atoms with Gasteiger partial charge in [0.25, 0.3) is 0 Å². The molecule has 0 aliphatic carbocycles. The molecule has 0 atom stereocenters. The van der Waals surface area contributed by atoms with Gasteiger partial charge < -0.3 is 15.1 Å². The molecule has 1 saturated heterocycles. The highest BCUT2D eigenvalue weighted by Gasteiger charge is 2.26. The summed E-state index contributed by atoms with van der Waals surface area (Å²) >= 11 is 0. The average Bonchev–Trinajstić information content (AvgIpc) is 3.15. The summed E-state index contributed by atoms with van der Waals surface area (Å²) in [5.74, 6) is 1.24. The number of pyridine rings is 1. The summed E-state index contributed by atoms with van der Waals surface area (Å²) < 4.78 is 5.19. The van der Waals surface area contributed by atoms with Gasteiger partial charge in [-0.1, -0.05) is 6.07 Å². The van der Waals surface area contributed by atoms with Crippen molar-refractivity contribution in [1.29, 1.82) is 0 Å². The second-order valence-corrected chi connectivity index (χ2v) is 6.11. The third-order valence-electron chi connectivity index (χ3n) is 4.28. The molecule has 1 aliphatic rings. The molecule has 7 heteroatoms. The molecule has 3 rings (SSSR count). The fourth-order valence-electron chi connectivity index (χ4n) is 2.88. The van der Waals surface area contributed by atoms with Gasteiger partial charge in [-0.2, -0.15) is 0 Å². The summed E-state index contributed by atoms with van der Waals surface area (Å²) in [6, 6.07) is 9.04. The van der Waals surface area contributed by atoms with E-state index >= 15 is 0 Å². The van der Waals surface area contributed by atoms with Crippen LogP contribution in [-0.4, -0.2) is 41.3 Å². The summed E-state index contributed by atoms with van der Waals surface area (Å²) in [5, 5.41) is 5.68. The van der Waals surface area contributed by atoms with Crippen molar-refractivity contribution in [3.05, 3.63) is 48.6 Å². The van der Waals surface area contributed by atoms with Crippen molar-refractivity contribution < 1.29 is 14.0 Å². The number of anilines is 1. The summed E-state index contributed by atoms with van der Waals surface area (Å²) in [4.78, 5) is 30.4. The monoisotopic (exact) mass is 342 g/mol. The lowest BCUT2D eigenvalue weighted by Gasteiger charge is -2.30. The van der Waals surface area contributed by atoms with Crippen LogP contribution >= 0.6 is 0 Å². The molecule has 0 unspecified atom stereocenters. The van der Waals surface area contributed by atoms with E-state index < -0.39 is 0 Å². The minimum atomic E-state index is -0.0376. The number of carbonyl (C=O) groups excluding carboxylic acids is 2. The van der Waals surface area contributed by atoms with Gasteiger partial charge in [-0.3, -0.25) is 14.5 Å². The highest BCUT2D eigenvalue weighted by molar-refractivity contribution is 5.91. The van der Waals surface area contributed by atoms with Crippen molar-refractivity contribution in [2.45, 2.75) is 19.4 Å². The predicted octanol–water partition coefficient (Wildman–Crippen LogP) is 1.64.